The summed E-state index contributed by atoms with van der Waals surface area (Å²) in [5.74, 6) is 0. The molecule has 0 aromatic rings. The summed E-state index contributed by atoms with van der Waals surface area (Å²) < 4.78 is 5.31. The van der Waals surface area contributed by atoms with Crippen LogP contribution in [0.5, 0.6) is 0 Å². The van der Waals surface area contributed by atoms with E-state index in [0.29, 0.717) is 13.1 Å². The fourth-order valence-electron chi connectivity index (χ4n) is 1.49. The van der Waals surface area contributed by atoms with Gasteiger partial charge in [-0.2, -0.15) is 0 Å². The van der Waals surface area contributed by atoms with Gasteiger partial charge in [0.25, 0.3) is 0 Å². The van der Waals surface area contributed by atoms with Crippen molar-refractivity contribution >= 4 is 12.4 Å². The van der Waals surface area contributed by atoms with Gasteiger partial charge in [0.15, 0.2) is 0 Å². The second-order valence-electron chi connectivity index (χ2n) is 4.95. The standard InChI is InChI=1S/C12H21N3O2/c1-5-13-10-14-6-8-15(9-7-14)11(16)17-12(2,3)4/h5,10H,1,6-9H2,2-4H3/b13-10+. The Bertz CT molecular complexity index is 299. The summed E-state index contributed by atoms with van der Waals surface area (Å²) in [6.07, 6.45) is 3.01. The average molecular weight is 239 g/mol. The zero-order valence-electron chi connectivity index (χ0n) is 10.8. The predicted octanol–water partition coefficient (Wildman–Crippen LogP) is 1.71. The number of carbonyl (C=O) groups excluding carboxylic acids is 1. The van der Waals surface area contributed by atoms with Gasteiger partial charge < -0.3 is 14.5 Å². The average Bonchev–Trinajstić information content (AvgIpc) is 2.24. The minimum absolute atomic E-state index is 0.238. The number of hydrogen-bond donors (Lipinski definition) is 0. The number of amides is 1. The molecule has 96 valence electrons. The van der Waals surface area contributed by atoms with Crippen LogP contribution in [0.25, 0.3) is 0 Å². The molecule has 17 heavy (non-hydrogen) atoms. The van der Waals surface area contributed by atoms with Gasteiger partial charge in [-0.1, -0.05) is 6.58 Å². The number of aliphatic imine (C=N–C) groups is 1. The number of carbonyl (C=O) groups is 1. The van der Waals surface area contributed by atoms with Crippen LogP contribution < -0.4 is 0 Å². The van der Waals surface area contributed by atoms with Gasteiger partial charge in [-0.3, -0.25) is 0 Å². The lowest BCUT2D eigenvalue weighted by Crippen LogP contribution is -2.49. The van der Waals surface area contributed by atoms with Crippen LogP contribution in [0.4, 0.5) is 4.79 Å². The van der Waals surface area contributed by atoms with Crippen molar-refractivity contribution in [1.29, 1.82) is 0 Å². The number of ether oxygens (including phenoxy) is 1. The molecular weight excluding hydrogens is 218 g/mol. The molecule has 1 saturated heterocycles. The Labute approximate surface area is 103 Å². The van der Waals surface area contributed by atoms with E-state index in [-0.39, 0.29) is 6.09 Å². The molecule has 1 aliphatic rings. The van der Waals surface area contributed by atoms with E-state index in [0.717, 1.165) is 13.1 Å². The Morgan fingerprint density at radius 1 is 1.29 bits per heavy atom. The number of piperazine rings is 1. The molecule has 0 unspecified atom stereocenters. The molecule has 1 amide bonds. The zero-order chi connectivity index (χ0) is 12.9. The SMILES string of the molecule is C=C/N=C/N1CCN(C(=O)OC(C)(C)C)CC1. The molecule has 0 bridgehead atoms. The molecular formula is C12H21N3O2. The van der Waals surface area contributed by atoms with Gasteiger partial charge in [0.2, 0.25) is 0 Å². The maximum atomic E-state index is 11.8. The van der Waals surface area contributed by atoms with E-state index in [1.807, 2.05) is 20.8 Å². The smallest absolute Gasteiger partial charge is 0.410 e. The van der Waals surface area contributed by atoms with E-state index in [9.17, 15) is 4.79 Å². The second-order valence-corrected chi connectivity index (χ2v) is 4.95. The maximum absolute atomic E-state index is 11.8. The van der Waals surface area contributed by atoms with Crippen LogP contribution in [-0.2, 0) is 4.74 Å². The lowest BCUT2D eigenvalue weighted by molar-refractivity contribution is 0.0189. The Hall–Kier alpha value is -1.52. The Balaban J connectivity index is 2.39. The highest BCUT2D eigenvalue weighted by Gasteiger charge is 2.24. The van der Waals surface area contributed by atoms with Crippen molar-refractivity contribution < 1.29 is 9.53 Å². The zero-order valence-corrected chi connectivity index (χ0v) is 10.8. The van der Waals surface area contributed by atoms with Crippen LogP contribution in [0, 0.1) is 0 Å². The van der Waals surface area contributed by atoms with Gasteiger partial charge in [0.05, 0.1) is 6.34 Å². The first-order valence-electron chi connectivity index (χ1n) is 5.78. The van der Waals surface area contributed by atoms with Gasteiger partial charge >= 0.3 is 6.09 Å². The van der Waals surface area contributed by atoms with Crippen molar-refractivity contribution in [2.75, 3.05) is 26.2 Å². The first-order valence-corrected chi connectivity index (χ1v) is 5.78. The van der Waals surface area contributed by atoms with Crippen LogP contribution in [-0.4, -0.2) is 54.0 Å². The van der Waals surface area contributed by atoms with Crippen LogP contribution in [0.15, 0.2) is 17.8 Å². The summed E-state index contributed by atoms with van der Waals surface area (Å²) in [5.41, 5.74) is -0.432. The first kappa shape index (κ1) is 13.5. The molecule has 1 rings (SSSR count). The van der Waals surface area contributed by atoms with Crippen LogP contribution in [0.1, 0.15) is 20.8 Å². The molecule has 0 N–H and O–H groups in total. The quantitative estimate of drug-likeness (QED) is 0.544. The summed E-state index contributed by atoms with van der Waals surface area (Å²) in [4.78, 5) is 19.5. The van der Waals surface area contributed by atoms with Gasteiger partial charge in [0.1, 0.15) is 5.60 Å². The monoisotopic (exact) mass is 239 g/mol. The third kappa shape index (κ3) is 4.89. The highest BCUT2D eigenvalue weighted by molar-refractivity contribution is 5.68. The third-order valence-electron chi connectivity index (χ3n) is 2.30. The fourth-order valence-corrected chi connectivity index (χ4v) is 1.49. The molecule has 0 aromatic heterocycles. The van der Waals surface area contributed by atoms with E-state index in [4.69, 9.17) is 4.74 Å². The second kappa shape index (κ2) is 5.70. The van der Waals surface area contributed by atoms with Gasteiger partial charge in [-0.05, 0) is 20.8 Å². The van der Waals surface area contributed by atoms with E-state index < -0.39 is 5.60 Å². The van der Waals surface area contributed by atoms with Gasteiger partial charge in [0, 0.05) is 32.4 Å². The van der Waals surface area contributed by atoms with Gasteiger partial charge in [-0.15, -0.1) is 0 Å². The van der Waals surface area contributed by atoms with Crippen LogP contribution in [0.3, 0.4) is 0 Å². The molecule has 1 heterocycles. The highest BCUT2D eigenvalue weighted by Crippen LogP contribution is 2.11. The minimum atomic E-state index is -0.432. The normalized spacial score (nSPS) is 17.4. The molecule has 0 radical (unpaired) electrons. The minimum Gasteiger partial charge on any atom is -0.444 e. The Morgan fingerprint density at radius 2 is 1.88 bits per heavy atom. The van der Waals surface area contributed by atoms with Crippen molar-refractivity contribution in [2.45, 2.75) is 26.4 Å². The van der Waals surface area contributed by atoms with E-state index in [1.165, 1.54) is 6.20 Å². The molecule has 0 aliphatic carbocycles. The molecule has 0 aromatic carbocycles. The third-order valence-corrected chi connectivity index (χ3v) is 2.30. The van der Waals surface area contributed by atoms with E-state index >= 15 is 0 Å². The number of hydrogen-bond acceptors (Lipinski definition) is 3. The van der Waals surface area contributed by atoms with Crippen LogP contribution in [0.2, 0.25) is 0 Å². The maximum Gasteiger partial charge on any atom is 0.410 e. The lowest BCUT2D eigenvalue weighted by Gasteiger charge is -2.34. The molecule has 0 saturated carbocycles. The Kier molecular flexibility index (Phi) is 4.54. The summed E-state index contributed by atoms with van der Waals surface area (Å²) in [6, 6.07) is 0. The van der Waals surface area contributed by atoms with Crippen molar-refractivity contribution in [3.05, 3.63) is 12.8 Å². The van der Waals surface area contributed by atoms with Crippen molar-refractivity contribution in [1.82, 2.24) is 9.80 Å². The molecule has 0 spiro atoms. The number of nitrogens with zero attached hydrogens (tertiary/aromatic N) is 3. The topological polar surface area (TPSA) is 45.1 Å². The van der Waals surface area contributed by atoms with Gasteiger partial charge in [-0.25, -0.2) is 9.79 Å². The van der Waals surface area contributed by atoms with E-state index in [1.54, 1.807) is 11.2 Å². The summed E-state index contributed by atoms with van der Waals surface area (Å²) in [7, 11) is 0. The molecule has 0 atom stereocenters. The summed E-state index contributed by atoms with van der Waals surface area (Å²) >= 11 is 0. The molecule has 1 aliphatic heterocycles. The predicted molar refractivity (Wildman–Crippen MR) is 68.1 cm³/mol. The first-order chi connectivity index (χ1) is 7.92. The van der Waals surface area contributed by atoms with Crippen molar-refractivity contribution in [3.8, 4) is 0 Å². The Morgan fingerprint density at radius 3 is 2.35 bits per heavy atom. The fraction of sp³-hybridized carbons (Fsp3) is 0.667. The largest absolute Gasteiger partial charge is 0.444 e. The van der Waals surface area contributed by atoms with Crippen molar-refractivity contribution in [2.24, 2.45) is 4.99 Å². The summed E-state index contributed by atoms with van der Waals surface area (Å²) in [5, 5.41) is 0. The van der Waals surface area contributed by atoms with Crippen LogP contribution >= 0.6 is 0 Å². The lowest BCUT2D eigenvalue weighted by atomic mass is 10.2. The number of rotatable bonds is 2. The molecule has 5 nitrogen and oxygen atoms in total. The highest BCUT2D eigenvalue weighted by atomic mass is 16.6. The van der Waals surface area contributed by atoms with E-state index in [2.05, 4.69) is 16.5 Å². The summed E-state index contributed by atoms with van der Waals surface area (Å²) in [6.45, 7) is 12.0. The van der Waals surface area contributed by atoms with Crippen molar-refractivity contribution in [3.63, 3.8) is 0 Å². The molecule has 5 heteroatoms. The molecule has 1 fully saturated rings.